The zero-order chi connectivity index (χ0) is 14.9. The maximum Gasteiger partial charge on any atom is 0.257 e. The molecule has 1 aliphatic heterocycles. The number of benzene rings is 1. The molecule has 0 spiro atoms. The van der Waals surface area contributed by atoms with E-state index in [1.807, 2.05) is 13.0 Å². The van der Waals surface area contributed by atoms with Crippen LogP contribution in [0.5, 0.6) is 5.75 Å². The summed E-state index contributed by atoms with van der Waals surface area (Å²) in [6.45, 7) is 1.90. The molecular weight excluding hydrogens is 278 g/mol. The highest BCUT2D eigenvalue weighted by Gasteiger charge is 2.33. The van der Waals surface area contributed by atoms with Crippen LogP contribution in [0.3, 0.4) is 0 Å². The first kappa shape index (κ1) is 14.8. The van der Waals surface area contributed by atoms with Gasteiger partial charge < -0.3 is 9.64 Å². The van der Waals surface area contributed by atoms with Gasteiger partial charge >= 0.3 is 0 Å². The molecule has 6 heteroatoms. The normalized spacial score (nSPS) is 20.6. The topological polar surface area (TPSA) is 63.7 Å². The Hall–Kier alpha value is -1.56. The van der Waals surface area contributed by atoms with Gasteiger partial charge in [-0.1, -0.05) is 11.6 Å². The second kappa shape index (κ2) is 5.44. The monoisotopic (exact) mass is 297 g/mol. The number of aryl methyl sites for hydroxylation is 1. The van der Waals surface area contributed by atoms with Crippen LogP contribution in [0.4, 0.5) is 0 Å². The molecule has 1 saturated heterocycles. The lowest BCUT2D eigenvalue weighted by molar-refractivity contribution is 0.0744. The van der Waals surface area contributed by atoms with Crippen molar-refractivity contribution >= 4 is 15.7 Å². The summed E-state index contributed by atoms with van der Waals surface area (Å²) >= 11 is 0. The van der Waals surface area contributed by atoms with Gasteiger partial charge in [-0.2, -0.15) is 0 Å². The summed E-state index contributed by atoms with van der Waals surface area (Å²) in [4.78, 5) is 14.0. The molecule has 2 rings (SSSR count). The zero-order valence-electron chi connectivity index (χ0n) is 11.9. The number of ether oxygens (including phenoxy) is 1. The zero-order valence-corrected chi connectivity index (χ0v) is 12.7. The van der Waals surface area contributed by atoms with E-state index in [1.54, 1.807) is 19.2 Å². The van der Waals surface area contributed by atoms with Gasteiger partial charge in [0.15, 0.2) is 9.84 Å². The van der Waals surface area contributed by atoms with Crippen molar-refractivity contribution in [2.45, 2.75) is 19.4 Å². The number of hydrogen-bond acceptors (Lipinski definition) is 4. The van der Waals surface area contributed by atoms with Crippen LogP contribution in [0.2, 0.25) is 0 Å². The summed E-state index contributed by atoms with van der Waals surface area (Å²) < 4.78 is 28.2. The largest absolute Gasteiger partial charge is 0.496 e. The summed E-state index contributed by atoms with van der Waals surface area (Å²) in [6, 6.07) is 5.14. The SMILES string of the molecule is COc1ccc(C)cc1C(=O)N(C)C1CCS(=O)(=O)C1. The third kappa shape index (κ3) is 2.95. The van der Waals surface area contributed by atoms with Crippen LogP contribution >= 0.6 is 0 Å². The Morgan fingerprint density at radius 2 is 2.10 bits per heavy atom. The molecule has 1 fully saturated rings. The predicted octanol–water partition coefficient (Wildman–Crippen LogP) is 1.26. The van der Waals surface area contributed by atoms with Crippen LogP contribution in [-0.2, 0) is 9.84 Å². The number of carbonyl (C=O) groups is 1. The van der Waals surface area contributed by atoms with Crippen molar-refractivity contribution in [3.8, 4) is 5.75 Å². The van der Waals surface area contributed by atoms with Crippen molar-refractivity contribution in [1.82, 2.24) is 4.90 Å². The first-order valence-electron chi connectivity index (χ1n) is 6.46. The molecule has 0 bridgehead atoms. The highest BCUT2D eigenvalue weighted by Crippen LogP contribution is 2.24. The Kier molecular flexibility index (Phi) is 4.04. The smallest absolute Gasteiger partial charge is 0.257 e. The first-order chi connectivity index (χ1) is 9.34. The van der Waals surface area contributed by atoms with Crippen LogP contribution in [-0.4, -0.2) is 50.9 Å². The molecular formula is C14H19NO4S. The van der Waals surface area contributed by atoms with Crippen LogP contribution in [0.25, 0.3) is 0 Å². The molecule has 1 aromatic rings. The Bertz CT molecular complexity index is 624. The number of rotatable bonds is 3. The van der Waals surface area contributed by atoms with Gasteiger partial charge in [-0.3, -0.25) is 4.79 Å². The minimum absolute atomic E-state index is 0.0450. The van der Waals surface area contributed by atoms with Crippen LogP contribution in [0.1, 0.15) is 22.3 Å². The Morgan fingerprint density at radius 3 is 2.65 bits per heavy atom. The Labute approximate surface area is 119 Å². The Balaban J connectivity index is 2.25. The summed E-state index contributed by atoms with van der Waals surface area (Å²) in [7, 11) is 0.159. The summed E-state index contributed by atoms with van der Waals surface area (Å²) in [5.74, 6) is 0.504. The quantitative estimate of drug-likeness (QED) is 0.842. The fourth-order valence-electron chi connectivity index (χ4n) is 2.43. The van der Waals surface area contributed by atoms with E-state index in [9.17, 15) is 13.2 Å². The third-order valence-corrected chi connectivity index (χ3v) is 5.41. The Morgan fingerprint density at radius 1 is 1.40 bits per heavy atom. The molecule has 0 aliphatic carbocycles. The van der Waals surface area contributed by atoms with Gasteiger partial charge in [-0.15, -0.1) is 0 Å². The number of hydrogen-bond donors (Lipinski definition) is 0. The molecule has 0 aromatic heterocycles. The lowest BCUT2D eigenvalue weighted by atomic mass is 10.1. The van der Waals surface area contributed by atoms with Crippen molar-refractivity contribution in [2.24, 2.45) is 0 Å². The van der Waals surface area contributed by atoms with Gasteiger partial charge in [-0.25, -0.2) is 8.42 Å². The van der Waals surface area contributed by atoms with Crippen molar-refractivity contribution < 1.29 is 17.9 Å². The van der Waals surface area contributed by atoms with Gasteiger partial charge in [0.05, 0.1) is 24.2 Å². The number of nitrogens with zero attached hydrogens (tertiary/aromatic N) is 1. The standard InChI is InChI=1S/C14H19NO4S/c1-10-4-5-13(19-3)12(8-10)14(16)15(2)11-6-7-20(17,18)9-11/h4-5,8,11H,6-7,9H2,1-3H3. The highest BCUT2D eigenvalue weighted by atomic mass is 32.2. The molecule has 1 atom stereocenters. The molecule has 0 saturated carbocycles. The minimum Gasteiger partial charge on any atom is -0.496 e. The van der Waals surface area contributed by atoms with Crippen LogP contribution in [0.15, 0.2) is 18.2 Å². The van der Waals surface area contributed by atoms with Gasteiger partial charge in [-0.05, 0) is 25.5 Å². The number of carbonyl (C=O) groups excluding carboxylic acids is 1. The van der Waals surface area contributed by atoms with E-state index in [4.69, 9.17) is 4.74 Å². The van der Waals surface area contributed by atoms with Gasteiger partial charge in [0, 0.05) is 13.1 Å². The van der Waals surface area contributed by atoms with E-state index in [2.05, 4.69) is 0 Å². The van der Waals surface area contributed by atoms with Crippen molar-refractivity contribution in [2.75, 3.05) is 25.7 Å². The second-order valence-electron chi connectivity index (χ2n) is 5.18. The van der Waals surface area contributed by atoms with Gasteiger partial charge in [0.1, 0.15) is 5.75 Å². The van der Waals surface area contributed by atoms with E-state index in [0.29, 0.717) is 17.7 Å². The van der Waals surface area contributed by atoms with Gasteiger partial charge in [0.2, 0.25) is 0 Å². The first-order valence-corrected chi connectivity index (χ1v) is 8.28. The van der Waals surface area contributed by atoms with Gasteiger partial charge in [0.25, 0.3) is 5.91 Å². The fraction of sp³-hybridized carbons (Fsp3) is 0.500. The second-order valence-corrected chi connectivity index (χ2v) is 7.41. The summed E-state index contributed by atoms with van der Waals surface area (Å²) in [6.07, 6.45) is 0.499. The molecule has 20 heavy (non-hydrogen) atoms. The van der Waals surface area contributed by atoms with Crippen molar-refractivity contribution in [3.05, 3.63) is 29.3 Å². The molecule has 1 heterocycles. The number of amides is 1. The lowest BCUT2D eigenvalue weighted by Crippen LogP contribution is -2.38. The molecule has 0 N–H and O–H groups in total. The molecule has 1 unspecified atom stereocenters. The van der Waals surface area contributed by atoms with E-state index in [1.165, 1.54) is 12.0 Å². The van der Waals surface area contributed by atoms with Crippen molar-refractivity contribution in [3.63, 3.8) is 0 Å². The summed E-state index contributed by atoms with van der Waals surface area (Å²) in [5.41, 5.74) is 1.43. The molecule has 1 aliphatic rings. The van der Waals surface area contributed by atoms with E-state index >= 15 is 0 Å². The van der Waals surface area contributed by atoms with Crippen LogP contribution < -0.4 is 4.74 Å². The molecule has 0 radical (unpaired) electrons. The molecule has 110 valence electrons. The molecule has 5 nitrogen and oxygen atoms in total. The van der Waals surface area contributed by atoms with Crippen molar-refractivity contribution in [1.29, 1.82) is 0 Å². The van der Waals surface area contributed by atoms with E-state index < -0.39 is 9.84 Å². The highest BCUT2D eigenvalue weighted by molar-refractivity contribution is 7.91. The predicted molar refractivity (Wildman–Crippen MR) is 76.9 cm³/mol. The number of sulfone groups is 1. The van der Waals surface area contributed by atoms with Crippen LogP contribution in [0, 0.1) is 6.92 Å². The summed E-state index contributed by atoms with van der Waals surface area (Å²) in [5, 5.41) is 0. The number of methoxy groups -OCH3 is 1. The molecule has 1 aromatic carbocycles. The minimum atomic E-state index is -3.01. The van der Waals surface area contributed by atoms with E-state index in [0.717, 1.165) is 5.56 Å². The average molecular weight is 297 g/mol. The maximum atomic E-state index is 12.5. The lowest BCUT2D eigenvalue weighted by Gasteiger charge is -2.24. The fourth-order valence-corrected chi connectivity index (χ4v) is 4.20. The maximum absolute atomic E-state index is 12.5. The van der Waals surface area contributed by atoms with E-state index in [-0.39, 0.29) is 23.5 Å². The third-order valence-electron chi connectivity index (χ3n) is 3.66. The molecule has 1 amide bonds. The average Bonchev–Trinajstić information content (AvgIpc) is 2.77.